The van der Waals surface area contributed by atoms with Gasteiger partial charge in [-0.3, -0.25) is 0 Å². The van der Waals surface area contributed by atoms with Gasteiger partial charge in [-0.05, 0) is 43.1 Å². The van der Waals surface area contributed by atoms with Crippen molar-refractivity contribution in [3.8, 4) is 0 Å². The highest BCUT2D eigenvalue weighted by molar-refractivity contribution is 7.99. The maximum absolute atomic E-state index is 10.2. The largest absolute Gasteiger partial charge is 0.217 e. The molecule has 1 aliphatic heterocycles. The van der Waals surface area contributed by atoms with Crippen molar-refractivity contribution >= 4 is 11.8 Å². The molecule has 0 aromatic carbocycles. The molecule has 2 nitrogen and oxygen atoms in total. The van der Waals surface area contributed by atoms with Crippen LogP contribution in [0.2, 0.25) is 0 Å². The van der Waals surface area contributed by atoms with Crippen molar-refractivity contribution in [2.75, 3.05) is 31.1 Å². The molecule has 1 aliphatic rings. The molecule has 1 N–H and O–H groups in total. The Morgan fingerprint density at radius 3 is 2.44 bits per heavy atom. The number of hydroxylamine groups is 3. The Hall–Kier alpha value is 0.270. The molecule has 0 spiro atoms. The summed E-state index contributed by atoms with van der Waals surface area (Å²) < 4.78 is 0.352. The molecule has 0 bridgehead atoms. The van der Waals surface area contributed by atoms with Crippen LogP contribution in [-0.4, -0.2) is 41.0 Å². The molecule has 0 unspecified atom stereocenters. The van der Waals surface area contributed by atoms with Gasteiger partial charge in [0.2, 0.25) is 0 Å². The lowest BCUT2D eigenvalue weighted by Gasteiger charge is -2.33. The molecule has 0 aromatic rings. The van der Waals surface area contributed by atoms with Crippen LogP contribution in [0.3, 0.4) is 0 Å². The summed E-state index contributed by atoms with van der Waals surface area (Å²) in [6.07, 6.45) is 6.21. The molecule has 0 aliphatic carbocycles. The van der Waals surface area contributed by atoms with E-state index in [0.717, 1.165) is 25.6 Å². The third kappa shape index (κ3) is 6.12. The van der Waals surface area contributed by atoms with Gasteiger partial charge in [-0.15, -0.1) is 0 Å². The summed E-state index contributed by atoms with van der Waals surface area (Å²) in [6.45, 7) is 7.49. The fourth-order valence-electron chi connectivity index (χ4n) is 2.21. The van der Waals surface area contributed by atoms with Crippen LogP contribution in [-0.2, 0) is 0 Å². The van der Waals surface area contributed by atoms with Crippen LogP contribution >= 0.6 is 11.8 Å². The zero-order valence-corrected chi connectivity index (χ0v) is 11.8. The zero-order valence-electron chi connectivity index (χ0n) is 11.0. The third-order valence-electron chi connectivity index (χ3n) is 3.35. The Labute approximate surface area is 105 Å². The fourth-order valence-corrected chi connectivity index (χ4v) is 3.38. The number of hydrogen-bond acceptors (Lipinski definition) is 2. The van der Waals surface area contributed by atoms with Crippen molar-refractivity contribution in [1.29, 1.82) is 0 Å². The standard InChI is InChI=1S/C13H28NOS/c1-13(2)7-12-16-11-6-10-14(15)8-4-3-5-9-14/h13,15H,3-12H2,1-2H3/q+1. The molecule has 1 saturated heterocycles. The average Bonchev–Trinajstić information content (AvgIpc) is 2.24. The monoisotopic (exact) mass is 246 g/mol. The average molecular weight is 246 g/mol. The molecule has 1 fully saturated rings. The molecular formula is C13H28NOS+. The van der Waals surface area contributed by atoms with Crippen molar-refractivity contribution in [3.63, 3.8) is 0 Å². The highest BCUT2D eigenvalue weighted by Crippen LogP contribution is 2.17. The number of thioether (sulfide) groups is 1. The Morgan fingerprint density at radius 1 is 1.12 bits per heavy atom. The summed E-state index contributed by atoms with van der Waals surface area (Å²) >= 11 is 2.05. The van der Waals surface area contributed by atoms with Gasteiger partial charge >= 0.3 is 0 Å². The van der Waals surface area contributed by atoms with Crippen LogP contribution in [0.4, 0.5) is 0 Å². The lowest BCUT2D eigenvalue weighted by Crippen LogP contribution is -2.49. The lowest BCUT2D eigenvalue weighted by molar-refractivity contribution is -1.10. The zero-order chi connectivity index (χ0) is 11.9. The molecule has 0 amide bonds. The fraction of sp³-hybridized carbons (Fsp3) is 1.00. The van der Waals surface area contributed by atoms with E-state index >= 15 is 0 Å². The molecule has 0 atom stereocenters. The summed E-state index contributed by atoms with van der Waals surface area (Å²) in [6, 6.07) is 0. The molecule has 1 heterocycles. The van der Waals surface area contributed by atoms with E-state index in [1.807, 2.05) is 11.8 Å². The van der Waals surface area contributed by atoms with E-state index in [0.29, 0.717) is 4.65 Å². The van der Waals surface area contributed by atoms with Gasteiger partial charge in [0.1, 0.15) is 19.6 Å². The van der Waals surface area contributed by atoms with Gasteiger partial charge in [-0.25, -0.2) is 5.21 Å². The highest BCUT2D eigenvalue weighted by atomic mass is 32.2. The van der Waals surface area contributed by atoms with Gasteiger partial charge in [0.15, 0.2) is 0 Å². The quantitative estimate of drug-likeness (QED) is 0.547. The number of rotatable bonds is 7. The smallest absolute Gasteiger partial charge is 0.109 e. The molecule has 0 aromatic heterocycles. The van der Waals surface area contributed by atoms with E-state index in [9.17, 15) is 5.21 Å². The third-order valence-corrected chi connectivity index (χ3v) is 4.45. The molecule has 1 rings (SSSR count). The first-order valence-corrected chi connectivity index (χ1v) is 7.94. The van der Waals surface area contributed by atoms with Crippen LogP contribution in [0.5, 0.6) is 0 Å². The van der Waals surface area contributed by atoms with E-state index in [-0.39, 0.29) is 0 Å². The molecule has 3 heteroatoms. The number of hydrogen-bond donors (Lipinski definition) is 1. The van der Waals surface area contributed by atoms with Crippen molar-refractivity contribution in [3.05, 3.63) is 0 Å². The maximum Gasteiger partial charge on any atom is 0.109 e. The van der Waals surface area contributed by atoms with Crippen molar-refractivity contribution in [2.45, 2.75) is 46.0 Å². The van der Waals surface area contributed by atoms with Crippen molar-refractivity contribution in [2.24, 2.45) is 5.92 Å². The second kappa shape index (κ2) is 7.57. The molecule has 0 radical (unpaired) electrons. The van der Waals surface area contributed by atoms with Crippen LogP contribution in [0.25, 0.3) is 0 Å². The molecule has 0 saturated carbocycles. The first-order chi connectivity index (χ1) is 7.62. The van der Waals surface area contributed by atoms with Crippen LogP contribution in [0, 0.1) is 5.92 Å². The van der Waals surface area contributed by atoms with Crippen LogP contribution in [0.1, 0.15) is 46.0 Å². The Kier molecular flexibility index (Phi) is 6.78. The van der Waals surface area contributed by atoms with Gasteiger partial charge in [0, 0.05) is 6.42 Å². The topological polar surface area (TPSA) is 20.2 Å². The summed E-state index contributed by atoms with van der Waals surface area (Å²) in [5.41, 5.74) is 0. The van der Waals surface area contributed by atoms with E-state index in [2.05, 4.69) is 13.8 Å². The lowest BCUT2D eigenvalue weighted by atomic mass is 10.1. The van der Waals surface area contributed by atoms with Gasteiger partial charge in [-0.2, -0.15) is 16.4 Å². The minimum Gasteiger partial charge on any atom is -0.217 e. The molecule has 16 heavy (non-hydrogen) atoms. The van der Waals surface area contributed by atoms with Gasteiger partial charge in [0.05, 0.1) is 0 Å². The highest BCUT2D eigenvalue weighted by Gasteiger charge is 2.27. The number of nitrogens with zero attached hydrogens (tertiary/aromatic N) is 1. The summed E-state index contributed by atoms with van der Waals surface area (Å²) in [7, 11) is 0. The van der Waals surface area contributed by atoms with E-state index in [1.54, 1.807) is 0 Å². The van der Waals surface area contributed by atoms with Crippen molar-refractivity contribution < 1.29 is 9.85 Å². The van der Waals surface area contributed by atoms with E-state index < -0.39 is 0 Å². The normalized spacial score (nSPS) is 20.2. The Balaban J connectivity index is 1.97. The molecular weight excluding hydrogens is 218 g/mol. The molecule has 96 valence electrons. The second-order valence-corrected chi connectivity index (χ2v) is 6.70. The number of likely N-dealkylation sites (tertiary alicyclic amines) is 1. The minimum atomic E-state index is 0.352. The number of piperidine rings is 1. The van der Waals surface area contributed by atoms with Crippen LogP contribution in [0.15, 0.2) is 0 Å². The summed E-state index contributed by atoms with van der Waals surface area (Å²) in [4.78, 5) is 0. The summed E-state index contributed by atoms with van der Waals surface area (Å²) in [5.74, 6) is 3.32. The summed E-state index contributed by atoms with van der Waals surface area (Å²) in [5, 5.41) is 10.2. The van der Waals surface area contributed by atoms with Crippen molar-refractivity contribution in [1.82, 2.24) is 0 Å². The predicted octanol–water partition coefficient (Wildman–Crippen LogP) is 3.55. The van der Waals surface area contributed by atoms with Crippen LogP contribution < -0.4 is 0 Å². The SMILES string of the molecule is CC(C)CCSCCC[N+]1(O)CCCCC1. The van der Waals surface area contributed by atoms with E-state index in [1.165, 1.54) is 43.6 Å². The Morgan fingerprint density at radius 2 is 1.81 bits per heavy atom. The van der Waals surface area contributed by atoms with Gasteiger partial charge in [-0.1, -0.05) is 13.8 Å². The second-order valence-electron chi connectivity index (χ2n) is 5.48. The maximum atomic E-state index is 10.2. The number of quaternary nitrogens is 1. The first kappa shape index (κ1) is 14.3. The van der Waals surface area contributed by atoms with Gasteiger partial charge in [0.25, 0.3) is 0 Å². The van der Waals surface area contributed by atoms with E-state index in [4.69, 9.17) is 0 Å². The Bertz CT molecular complexity index is 179. The predicted molar refractivity (Wildman–Crippen MR) is 71.9 cm³/mol. The first-order valence-electron chi connectivity index (χ1n) is 6.79. The minimum absolute atomic E-state index is 0.352. The van der Waals surface area contributed by atoms with Gasteiger partial charge < -0.3 is 0 Å².